The quantitative estimate of drug-likeness (QED) is 0.552. The van der Waals surface area contributed by atoms with Gasteiger partial charge in [-0.1, -0.05) is 6.92 Å². The molecule has 2 nitrogen and oxygen atoms in total. The zero-order valence-corrected chi connectivity index (χ0v) is 10.9. The zero-order chi connectivity index (χ0) is 16.8. The Morgan fingerprint density at radius 1 is 0.900 bits per heavy atom. The molecule has 0 saturated carbocycles. The predicted octanol–water partition coefficient (Wildman–Crippen LogP) is 3.80. The minimum absolute atomic E-state index is 0.825. The Bertz CT molecular complexity index is 455. The first-order chi connectivity index (χ1) is 8.48. The van der Waals surface area contributed by atoms with Crippen molar-refractivity contribution in [3.05, 3.63) is 0 Å². The molecular formula is C7H6ClF9O2S. The molecule has 1 atom stereocenters. The van der Waals surface area contributed by atoms with Gasteiger partial charge in [0.05, 0.1) is 0 Å². The van der Waals surface area contributed by atoms with Crippen LogP contribution in [0.2, 0.25) is 0 Å². The molecule has 20 heavy (non-hydrogen) atoms. The molecule has 0 bridgehead atoms. The van der Waals surface area contributed by atoms with E-state index in [9.17, 15) is 47.9 Å². The summed E-state index contributed by atoms with van der Waals surface area (Å²) >= 11 is 4.78. The number of hydrogen-bond acceptors (Lipinski definition) is 2. The molecule has 0 rings (SSSR count). The van der Waals surface area contributed by atoms with Crippen molar-refractivity contribution < 1.29 is 47.9 Å². The average molecular weight is 361 g/mol. The van der Waals surface area contributed by atoms with E-state index in [1.165, 1.54) is 0 Å². The molecule has 0 aromatic rings. The van der Waals surface area contributed by atoms with Crippen LogP contribution in [-0.2, 0) is 9.84 Å². The molecule has 13 heteroatoms. The van der Waals surface area contributed by atoms with Crippen LogP contribution in [0.15, 0.2) is 0 Å². The summed E-state index contributed by atoms with van der Waals surface area (Å²) < 4.78 is 131. The lowest BCUT2D eigenvalue weighted by Gasteiger charge is -2.33. The molecule has 0 saturated heterocycles. The Morgan fingerprint density at radius 3 is 1.50 bits per heavy atom. The molecule has 0 amide bonds. The van der Waals surface area contributed by atoms with Gasteiger partial charge in [-0.2, -0.15) is 39.5 Å². The van der Waals surface area contributed by atoms with E-state index in [0.29, 0.717) is 0 Å². The maximum absolute atomic E-state index is 13.0. The highest BCUT2D eigenvalue weighted by Gasteiger charge is 2.85. The minimum atomic E-state index is -7.26. The Morgan fingerprint density at radius 2 is 1.25 bits per heavy atom. The number of alkyl halides is 10. The van der Waals surface area contributed by atoms with Gasteiger partial charge in [-0.15, -0.1) is 11.6 Å². The highest BCUT2D eigenvalue weighted by atomic mass is 35.5. The number of halogens is 10. The summed E-state index contributed by atoms with van der Waals surface area (Å²) in [6.07, 6.45) is -7.99. The van der Waals surface area contributed by atoms with E-state index in [1.54, 1.807) is 0 Å². The lowest BCUT2D eigenvalue weighted by molar-refractivity contribution is -0.382. The standard InChI is InChI=1S/C7H6ClF9O2S/c1-2-3(8)20(18,19)7(16,17)5(11,12)4(9,10)6(13,14)15/h3H,2H2,1H3. The van der Waals surface area contributed by atoms with Gasteiger partial charge in [-0.3, -0.25) is 0 Å². The van der Waals surface area contributed by atoms with Crippen molar-refractivity contribution in [2.75, 3.05) is 0 Å². The van der Waals surface area contributed by atoms with Crippen molar-refractivity contribution in [3.63, 3.8) is 0 Å². The third-order valence-electron chi connectivity index (χ3n) is 2.13. The monoisotopic (exact) mass is 360 g/mol. The first kappa shape index (κ1) is 19.6. The van der Waals surface area contributed by atoms with Gasteiger partial charge in [-0.05, 0) is 6.42 Å². The van der Waals surface area contributed by atoms with E-state index in [4.69, 9.17) is 11.6 Å². The topological polar surface area (TPSA) is 34.1 Å². The zero-order valence-electron chi connectivity index (χ0n) is 9.29. The second kappa shape index (κ2) is 5.11. The van der Waals surface area contributed by atoms with Crippen molar-refractivity contribution >= 4 is 21.4 Å². The van der Waals surface area contributed by atoms with Gasteiger partial charge in [0, 0.05) is 0 Å². The maximum atomic E-state index is 13.0. The predicted molar refractivity (Wildman–Crippen MR) is 49.7 cm³/mol. The minimum Gasteiger partial charge on any atom is -0.221 e. The van der Waals surface area contributed by atoms with Crippen LogP contribution in [0.4, 0.5) is 39.5 Å². The fourth-order valence-corrected chi connectivity index (χ4v) is 2.50. The molecule has 0 aliphatic rings. The van der Waals surface area contributed by atoms with Gasteiger partial charge in [0.1, 0.15) is 4.71 Å². The maximum Gasteiger partial charge on any atom is 0.460 e. The molecule has 122 valence electrons. The first-order valence-electron chi connectivity index (χ1n) is 4.56. The van der Waals surface area contributed by atoms with Crippen LogP contribution in [0.25, 0.3) is 0 Å². The molecule has 1 unspecified atom stereocenters. The van der Waals surface area contributed by atoms with Crippen molar-refractivity contribution in [3.8, 4) is 0 Å². The Labute approximate surface area is 111 Å². The lowest BCUT2D eigenvalue weighted by atomic mass is 10.1. The number of sulfone groups is 1. The molecule has 0 heterocycles. The number of rotatable bonds is 5. The largest absolute Gasteiger partial charge is 0.460 e. The van der Waals surface area contributed by atoms with Gasteiger partial charge in [-0.25, -0.2) is 8.42 Å². The lowest BCUT2D eigenvalue weighted by Crippen LogP contribution is -2.64. The van der Waals surface area contributed by atoms with Crippen LogP contribution in [0.3, 0.4) is 0 Å². The smallest absolute Gasteiger partial charge is 0.221 e. The summed E-state index contributed by atoms with van der Waals surface area (Å²) in [4.78, 5) is 0. The Hall–Kier alpha value is -0.390. The van der Waals surface area contributed by atoms with Crippen molar-refractivity contribution in [2.45, 2.75) is 41.3 Å². The van der Waals surface area contributed by atoms with E-state index in [-0.39, 0.29) is 0 Å². The van der Waals surface area contributed by atoms with E-state index < -0.39 is 44.2 Å². The molecule has 0 spiro atoms. The van der Waals surface area contributed by atoms with Gasteiger partial charge in [0.25, 0.3) is 0 Å². The van der Waals surface area contributed by atoms with Crippen molar-refractivity contribution in [1.29, 1.82) is 0 Å². The van der Waals surface area contributed by atoms with Gasteiger partial charge < -0.3 is 0 Å². The average Bonchev–Trinajstić information content (AvgIpc) is 2.25. The van der Waals surface area contributed by atoms with Gasteiger partial charge in [0.15, 0.2) is 0 Å². The van der Waals surface area contributed by atoms with Crippen LogP contribution in [0, 0.1) is 0 Å². The molecule has 0 aromatic carbocycles. The molecule has 0 N–H and O–H groups in total. The van der Waals surface area contributed by atoms with E-state index in [1.807, 2.05) is 0 Å². The summed E-state index contributed by atoms with van der Waals surface area (Å²) in [5.41, 5.74) is 0. The summed E-state index contributed by atoms with van der Waals surface area (Å²) in [6, 6.07) is 0. The Kier molecular flexibility index (Phi) is 5.01. The summed E-state index contributed by atoms with van der Waals surface area (Å²) in [7, 11) is -6.49. The Balaban J connectivity index is 6.08. The second-order valence-corrected chi connectivity index (χ2v) is 6.48. The third kappa shape index (κ3) is 2.55. The summed E-state index contributed by atoms with van der Waals surface area (Å²) in [5.74, 6) is -14.5. The van der Waals surface area contributed by atoms with Crippen LogP contribution in [0.1, 0.15) is 13.3 Å². The molecular weight excluding hydrogens is 355 g/mol. The van der Waals surface area contributed by atoms with E-state index in [0.717, 1.165) is 6.92 Å². The fraction of sp³-hybridized carbons (Fsp3) is 1.00. The molecule has 0 fully saturated rings. The summed E-state index contributed by atoms with van der Waals surface area (Å²) in [5, 5.41) is -6.71. The number of hydrogen-bond donors (Lipinski definition) is 0. The van der Waals surface area contributed by atoms with Crippen molar-refractivity contribution in [2.24, 2.45) is 0 Å². The molecule has 0 aliphatic heterocycles. The van der Waals surface area contributed by atoms with Gasteiger partial charge in [0.2, 0.25) is 9.84 Å². The van der Waals surface area contributed by atoms with Crippen LogP contribution < -0.4 is 0 Å². The SMILES string of the molecule is CCC(Cl)S(=O)(=O)C(F)(F)C(F)(F)C(F)(F)C(F)(F)F. The molecule has 0 radical (unpaired) electrons. The first-order valence-corrected chi connectivity index (χ1v) is 6.54. The van der Waals surface area contributed by atoms with Gasteiger partial charge >= 0.3 is 23.3 Å². The third-order valence-corrected chi connectivity index (χ3v) is 5.12. The molecule has 0 aromatic heterocycles. The normalized spacial score (nSPS) is 17.1. The van der Waals surface area contributed by atoms with E-state index in [2.05, 4.69) is 0 Å². The summed E-state index contributed by atoms with van der Waals surface area (Å²) in [6.45, 7) is 0.825. The van der Waals surface area contributed by atoms with Crippen molar-refractivity contribution in [1.82, 2.24) is 0 Å². The fourth-order valence-electron chi connectivity index (χ4n) is 0.919. The van der Waals surface area contributed by atoms with Crippen LogP contribution in [0.5, 0.6) is 0 Å². The second-order valence-electron chi connectivity index (χ2n) is 3.53. The highest BCUT2D eigenvalue weighted by Crippen LogP contribution is 2.55. The van der Waals surface area contributed by atoms with Crippen LogP contribution in [-0.4, -0.2) is 36.4 Å². The van der Waals surface area contributed by atoms with E-state index >= 15 is 0 Å². The van der Waals surface area contributed by atoms with Crippen LogP contribution >= 0.6 is 11.6 Å². The molecule has 0 aliphatic carbocycles. The highest BCUT2D eigenvalue weighted by molar-refractivity contribution is 7.94.